The number of benzene rings is 1. The predicted molar refractivity (Wildman–Crippen MR) is 76.9 cm³/mol. The summed E-state index contributed by atoms with van der Waals surface area (Å²) in [5.41, 5.74) is 6.50. The molecule has 114 valence electrons. The van der Waals surface area contributed by atoms with Gasteiger partial charge >= 0.3 is 6.18 Å². The third kappa shape index (κ3) is 4.23. The van der Waals surface area contributed by atoms with Crippen molar-refractivity contribution in [2.75, 3.05) is 6.54 Å². The van der Waals surface area contributed by atoms with E-state index in [0.717, 1.165) is 24.0 Å². The molecule has 0 amide bonds. The van der Waals surface area contributed by atoms with E-state index in [9.17, 15) is 13.2 Å². The average molecular weight is 287 g/mol. The summed E-state index contributed by atoms with van der Waals surface area (Å²) in [7, 11) is 0. The molecule has 0 aliphatic heterocycles. The Bertz CT molecular complexity index is 421. The molecular formula is C16H24F3N. The van der Waals surface area contributed by atoms with Gasteiger partial charge in [-0.05, 0) is 60.9 Å². The third-order valence-electron chi connectivity index (χ3n) is 3.50. The van der Waals surface area contributed by atoms with E-state index >= 15 is 0 Å². The second-order valence-electron chi connectivity index (χ2n) is 6.31. The highest BCUT2D eigenvalue weighted by molar-refractivity contribution is 5.43. The lowest BCUT2D eigenvalue weighted by Crippen LogP contribution is -2.18. The summed E-state index contributed by atoms with van der Waals surface area (Å²) in [5, 5.41) is 0. The quantitative estimate of drug-likeness (QED) is 0.805. The smallest absolute Gasteiger partial charge is 0.330 e. The molecule has 0 atom stereocenters. The van der Waals surface area contributed by atoms with Crippen LogP contribution in [0.2, 0.25) is 0 Å². The summed E-state index contributed by atoms with van der Waals surface area (Å²) in [5.74, 6) is 0. The molecule has 0 saturated heterocycles. The number of hydrogen-bond acceptors (Lipinski definition) is 1. The zero-order valence-corrected chi connectivity index (χ0v) is 12.7. The Morgan fingerprint density at radius 3 is 2.00 bits per heavy atom. The van der Waals surface area contributed by atoms with Crippen LogP contribution in [0.1, 0.15) is 55.9 Å². The monoisotopic (exact) mass is 287 g/mol. The summed E-state index contributed by atoms with van der Waals surface area (Å²) in [6.45, 7) is 7.97. The average Bonchev–Trinajstić information content (AvgIpc) is 2.28. The highest BCUT2D eigenvalue weighted by atomic mass is 19.4. The molecule has 4 heteroatoms. The van der Waals surface area contributed by atoms with Crippen LogP contribution >= 0.6 is 0 Å². The third-order valence-corrected chi connectivity index (χ3v) is 3.50. The lowest BCUT2D eigenvalue weighted by atomic mass is 9.81. The van der Waals surface area contributed by atoms with Gasteiger partial charge in [0.1, 0.15) is 0 Å². The highest BCUT2D eigenvalue weighted by Gasteiger charge is 2.34. The fraction of sp³-hybridized carbons (Fsp3) is 0.625. The molecule has 0 aliphatic carbocycles. The van der Waals surface area contributed by atoms with E-state index in [-0.39, 0.29) is 5.41 Å². The molecule has 0 radical (unpaired) electrons. The topological polar surface area (TPSA) is 26.0 Å². The van der Waals surface area contributed by atoms with Gasteiger partial charge in [0.15, 0.2) is 0 Å². The van der Waals surface area contributed by atoms with Crippen LogP contribution in [0.15, 0.2) is 12.1 Å². The van der Waals surface area contributed by atoms with E-state index in [1.807, 2.05) is 26.8 Å². The van der Waals surface area contributed by atoms with Gasteiger partial charge in [-0.3, -0.25) is 0 Å². The Hall–Kier alpha value is -1.03. The number of nitrogens with two attached hydrogens (primary N) is 1. The van der Waals surface area contributed by atoms with Gasteiger partial charge in [-0.2, -0.15) is 13.2 Å². The molecule has 0 spiro atoms. The maximum Gasteiger partial charge on any atom is 0.416 e. The Morgan fingerprint density at radius 2 is 1.55 bits per heavy atom. The summed E-state index contributed by atoms with van der Waals surface area (Å²) in [4.78, 5) is 0. The Morgan fingerprint density at radius 1 is 1.00 bits per heavy atom. The minimum Gasteiger partial charge on any atom is -0.330 e. The normalized spacial score (nSPS) is 12.8. The Balaban J connectivity index is 3.28. The van der Waals surface area contributed by atoms with Crippen molar-refractivity contribution in [2.45, 2.75) is 58.5 Å². The van der Waals surface area contributed by atoms with Crippen molar-refractivity contribution < 1.29 is 13.2 Å². The molecule has 0 aromatic heterocycles. The zero-order chi connectivity index (χ0) is 15.6. The van der Waals surface area contributed by atoms with Crippen molar-refractivity contribution in [3.05, 3.63) is 34.4 Å². The van der Waals surface area contributed by atoms with E-state index in [2.05, 4.69) is 0 Å². The van der Waals surface area contributed by atoms with Crippen molar-refractivity contribution in [1.29, 1.82) is 0 Å². The number of alkyl halides is 3. The number of aryl methyl sites for hydroxylation is 1. The van der Waals surface area contributed by atoms with Crippen LogP contribution in [-0.2, 0) is 18.0 Å². The van der Waals surface area contributed by atoms with Crippen LogP contribution in [0, 0.1) is 6.92 Å². The maximum atomic E-state index is 13.2. The Labute approximate surface area is 119 Å². The van der Waals surface area contributed by atoms with E-state index in [0.29, 0.717) is 18.5 Å². The van der Waals surface area contributed by atoms with Gasteiger partial charge in [-0.15, -0.1) is 0 Å². The standard InChI is InChI=1S/C16H24F3N/c1-11-13(15(2,3)4)9-12(7-5-6-8-20)10-14(11)16(17,18)19/h9-10H,5-8,20H2,1-4H3. The number of halogens is 3. The van der Waals surface area contributed by atoms with Crippen LogP contribution in [0.3, 0.4) is 0 Å². The van der Waals surface area contributed by atoms with Crippen molar-refractivity contribution in [3.8, 4) is 0 Å². The highest BCUT2D eigenvalue weighted by Crippen LogP contribution is 2.37. The van der Waals surface area contributed by atoms with E-state index in [4.69, 9.17) is 5.73 Å². The first kappa shape index (κ1) is 17.0. The van der Waals surface area contributed by atoms with Crippen LogP contribution in [-0.4, -0.2) is 6.54 Å². The van der Waals surface area contributed by atoms with Crippen molar-refractivity contribution >= 4 is 0 Å². The van der Waals surface area contributed by atoms with Gasteiger partial charge in [0.05, 0.1) is 5.56 Å². The SMILES string of the molecule is Cc1c(C(C)(C)C)cc(CCCCN)cc1C(F)(F)F. The molecule has 2 N–H and O–H groups in total. The summed E-state index contributed by atoms with van der Waals surface area (Å²) in [6, 6.07) is 3.21. The van der Waals surface area contributed by atoms with Crippen LogP contribution in [0.4, 0.5) is 13.2 Å². The van der Waals surface area contributed by atoms with Crippen molar-refractivity contribution in [1.82, 2.24) is 0 Å². The van der Waals surface area contributed by atoms with E-state index in [1.165, 1.54) is 6.07 Å². The molecule has 1 aromatic carbocycles. The zero-order valence-electron chi connectivity index (χ0n) is 12.7. The summed E-state index contributed by atoms with van der Waals surface area (Å²) < 4.78 is 39.5. The van der Waals surface area contributed by atoms with E-state index < -0.39 is 11.7 Å². The predicted octanol–water partition coefficient (Wildman–Crippen LogP) is 4.59. The fourth-order valence-corrected chi connectivity index (χ4v) is 2.47. The molecule has 20 heavy (non-hydrogen) atoms. The van der Waals surface area contributed by atoms with Gasteiger partial charge in [-0.25, -0.2) is 0 Å². The van der Waals surface area contributed by atoms with Gasteiger partial charge < -0.3 is 5.73 Å². The van der Waals surface area contributed by atoms with Gasteiger partial charge in [-0.1, -0.05) is 26.8 Å². The Kier molecular flexibility index (Phi) is 5.25. The number of hydrogen-bond donors (Lipinski definition) is 1. The molecular weight excluding hydrogens is 263 g/mol. The minimum absolute atomic E-state index is 0.298. The number of rotatable bonds is 4. The molecule has 0 bridgehead atoms. The largest absolute Gasteiger partial charge is 0.416 e. The number of unbranched alkanes of at least 4 members (excludes halogenated alkanes) is 1. The van der Waals surface area contributed by atoms with Crippen LogP contribution in [0.25, 0.3) is 0 Å². The van der Waals surface area contributed by atoms with Gasteiger partial charge in [0.2, 0.25) is 0 Å². The first-order valence-electron chi connectivity index (χ1n) is 6.98. The van der Waals surface area contributed by atoms with Crippen LogP contribution < -0.4 is 5.73 Å². The second-order valence-corrected chi connectivity index (χ2v) is 6.31. The van der Waals surface area contributed by atoms with Crippen molar-refractivity contribution in [3.63, 3.8) is 0 Å². The fourth-order valence-electron chi connectivity index (χ4n) is 2.47. The summed E-state index contributed by atoms with van der Waals surface area (Å²) >= 11 is 0. The van der Waals surface area contributed by atoms with Crippen LogP contribution in [0.5, 0.6) is 0 Å². The molecule has 0 aliphatic rings. The lowest BCUT2D eigenvalue weighted by Gasteiger charge is -2.25. The van der Waals surface area contributed by atoms with Crippen molar-refractivity contribution in [2.24, 2.45) is 5.73 Å². The summed E-state index contributed by atoms with van der Waals surface area (Å²) in [6.07, 6.45) is -2.00. The molecule has 1 aromatic rings. The molecule has 0 saturated carbocycles. The molecule has 1 rings (SSSR count). The molecule has 0 fully saturated rings. The van der Waals surface area contributed by atoms with E-state index in [1.54, 1.807) is 6.92 Å². The van der Waals surface area contributed by atoms with Gasteiger partial charge in [0.25, 0.3) is 0 Å². The molecule has 0 heterocycles. The van der Waals surface area contributed by atoms with Gasteiger partial charge in [0, 0.05) is 0 Å². The lowest BCUT2D eigenvalue weighted by molar-refractivity contribution is -0.138. The first-order chi connectivity index (χ1) is 9.07. The molecule has 0 unspecified atom stereocenters. The molecule has 1 nitrogen and oxygen atoms in total. The second kappa shape index (κ2) is 6.17. The maximum absolute atomic E-state index is 13.2. The minimum atomic E-state index is -4.30. The first-order valence-corrected chi connectivity index (χ1v) is 6.98.